The summed E-state index contributed by atoms with van der Waals surface area (Å²) in [6.07, 6.45) is -0.816. The van der Waals surface area contributed by atoms with Crippen LogP contribution in [-0.2, 0) is 4.74 Å². The molecule has 0 heterocycles. The van der Waals surface area contributed by atoms with Crippen molar-refractivity contribution < 1.29 is 14.3 Å². The Labute approximate surface area is 85.2 Å². The van der Waals surface area contributed by atoms with Gasteiger partial charge in [-0.2, -0.15) is 0 Å². The van der Waals surface area contributed by atoms with Gasteiger partial charge in [0.05, 0.1) is 12.1 Å². The van der Waals surface area contributed by atoms with Crippen molar-refractivity contribution in [1.82, 2.24) is 0 Å². The summed E-state index contributed by atoms with van der Waals surface area (Å²) in [6, 6.07) is 4.52. The SMILES string of the molecule is COC(=O)Oc1ccc(Cl)cc1Cl. The first-order valence-corrected chi connectivity index (χ1v) is 4.10. The Balaban J connectivity index is 2.83. The third kappa shape index (κ3) is 2.79. The highest BCUT2D eigenvalue weighted by Gasteiger charge is 2.07. The highest BCUT2D eigenvalue weighted by Crippen LogP contribution is 2.27. The Bertz CT molecular complexity index is 325. The van der Waals surface area contributed by atoms with Gasteiger partial charge in [-0.15, -0.1) is 0 Å². The van der Waals surface area contributed by atoms with Crippen LogP contribution in [0.15, 0.2) is 18.2 Å². The zero-order valence-electron chi connectivity index (χ0n) is 6.71. The molecule has 3 nitrogen and oxygen atoms in total. The van der Waals surface area contributed by atoms with E-state index in [1.807, 2.05) is 0 Å². The molecular formula is C8H6Cl2O3. The number of benzene rings is 1. The van der Waals surface area contributed by atoms with Crippen molar-refractivity contribution in [2.75, 3.05) is 7.11 Å². The number of ether oxygens (including phenoxy) is 2. The minimum atomic E-state index is -0.816. The number of rotatable bonds is 1. The molecule has 0 N–H and O–H groups in total. The fraction of sp³-hybridized carbons (Fsp3) is 0.125. The van der Waals surface area contributed by atoms with Gasteiger partial charge in [0.15, 0.2) is 5.75 Å². The normalized spacial score (nSPS) is 9.46. The zero-order valence-corrected chi connectivity index (χ0v) is 8.22. The average Bonchev–Trinajstić information content (AvgIpc) is 2.09. The number of carbonyl (C=O) groups excluding carboxylic acids is 1. The molecule has 0 saturated carbocycles. The largest absolute Gasteiger partial charge is 0.513 e. The van der Waals surface area contributed by atoms with Crippen molar-refractivity contribution in [3.8, 4) is 5.75 Å². The summed E-state index contributed by atoms with van der Waals surface area (Å²) in [7, 11) is 1.21. The monoisotopic (exact) mass is 220 g/mol. The Hall–Kier alpha value is -0.930. The topological polar surface area (TPSA) is 35.5 Å². The molecule has 0 saturated heterocycles. The number of hydrogen-bond donors (Lipinski definition) is 0. The molecule has 0 aliphatic carbocycles. The molecule has 0 spiro atoms. The van der Waals surface area contributed by atoms with Crippen LogP contribution in [-0.4, -0.2) is 13.3 Å². The second-order valence-corrected chi connectivity index (χ2v) is 2.97. The molecule has 1 aromatic carbocycles. The summed E-state index contributed by atoms with van der Waals surface area (Å²) < 4.78 is 8.98. The molecule has 0 bridgehead atoms. The molecule has 0 aromatic heterocycles. The molecule has 0 aliphatic rings. The van der Waals surface area contributed by atoms with Gasteiger partial charge in [-0.25, -0.2) is 4.79 Å². The zero-order chi connectivity index (χ0) is 9.84. The van der Waals surface area contributed by atoms with E-state index in [0.717, 1.165) is 0 Å². The summed E-state index contributed by atoms with van der Waals surface area (Å²) in [4.78, 5) is 10.7. The predicted molar refractivity (Wildman–Crippen MR) is 49.5 cm³/mol. The summed E-state index contributed by atoms with van der Waals surface area (Å²) >= 11 is 11.3. The van der Waals surface area contributed by atoms with E-state index in [1.165, 1.54) is 19.2 Å². The fourth-order valence-electron chi connectivity index (χ4n) is 0.689. The van der Waals surface area contributed by atoms with E-state index in [9.17, 15) is 4.79 Å². The summed E-state index contributed by atoms with van der Waals surface area (Å²) in [6.45, 7) is 0. The van der Waals surface area contributed by atoms with Crippen molar-refractivity contribution in [1.29, 1.82) is 0 Å². The Kier molecular flexibility index (Phi) is 3.39. The standard InChI is InChI=1S/C8H6Cl2O3/c1-12-8(11)13-7-3-2-5(9)4-6(7)10/h2-4H,1H3. The van der Waals surface area contributed by atoms with Crippen LogP contribution in [0.3, 0.4) is 0 Å². The molecular weight excluding hydrogens is 215 g/mol. The minimum Gasteiger partial charge on any atom is -0.437 e. The smallest absolute Gasteiger partial charge is 0.437 e. The second kappa shape index (κ2) is 4.35. The van der Waals surface area contributed by atoms with Crippen LogP contribution < -0.4 is 4.74 Å². The first kappa shape index (κ1) is 10.2. The van der Waals surface area contributed by atoms with Crippen molar-refractivity contribution in [3.63, 3.8) is 0 Å². The lowest BCUT2D eigenvalue weighted by molar-refractivity contribution is 0.121. The summed E-state index contributed by atoms with van der Waals surface area (Å²) in [5.74, 6) is 0.220. The molecule has 5 heteroatoms. The van der Waals surface area contributed by atoms with Crippen molar-refractivity contribution in [2.45, 2.75) is 0 Å². The van der Waals surface area contributed by atoms with Crippen LogP contribution in [0.1, 0.15) is 0 Å². The highest BCUT2D eigenvalue weighted by molar-refractivity contribution is 6.35. The lowest BCUT2D eigenvalue weighted by atomic mass is 10.3. The third-order valence-corrected chi connectivity index (χ3v) is 1.78. The van der Waals surface area contributed by atoms with Gasteiger partial charge in [0.1, 0.15) is 0 Å². The molecule has 13 heavy (non-hydrogen) atoms. The van der Waals surface area contributed by atoms with Gasteiger partial charge in [0.25, 0.3) is 0 Å². The van der Waals surface area contributed by atoms with Gasteiger partial charge in [0.2, 0.25) is 0 Å². The van der Waals surface area contributed by atoms with Crippen LogP contribution in [0.2, 0.25) is 10.0 Å². The number of halogens is 2. The quantitative estimate of drug-likeness (QED) is 0.539. The van der Waals surface area contributed by atoms with E-state index >= 15 is 0 Å². The third-order valence-electron chi connectivity index (χ3n) is 1.25. The van der Waals surface area contributed by atoms with E-state index < -0.39 is 6.16 Å². The molecule has 0 radical (unpaired) electrons. The Morgan fingerprint density at radius 1 is 1.38 bits per heavy atom. The Morgan fingerprint density at radius 2 is 2.08 bits per heavy atom. The number of carbonyl (C=O) groups is 1. The van der Waals surface area contributed by atoms with Gasteiger partial charge in [-0.05, 0) is 18.2 Å². The fourth-order valence-corrected chi connectivity index (χ4v) is 1.14. The van der Waals surface area contributed by atoms with Gasteiger partial charge >= 0.3 is 6.16 Å². The first-order chi connectivity index (χ1) is 6.13. The van der Waals surface area contributed by atoms with E-state index in [-0.39, 0.29) is 10.8 Å². The van der Waals surface area contributed by atoms with Crippen LogP contribution in [0.25, 0.3) is 0 Å². The van der Waals surface area contributed by atoms with Gasteiger partial charge in [-0.1, -0.05) is 23.2 Å². The van der Waals surface area contributed by atoms with E-state index in [0.29, 0.717) is 5.02 Å². The lowest BCUT2D eigenvalue weighted by Gasteiger charge is -2.03. The molecule has 70 valence electrons. The molecule has 0 amide bonds. The average molecular weight is 221 g/mol. The maximum Gasteiger partial charge on any atom is 0.513 e. The molecule has 1 rings (SSSR count). The molecule has 0 fully saturated rings. The number of methoxy groups -OCH3 is 1. The molecule has 0 atom stereocenters. The van der Waals surface area contributed by atoms with Crippen LogP contribution in [0.5, 0.6) is 5.75 Å². The van der Waals surface area contributed by atoms with Crippen molar-refractivity contribution in [2.24, 2.45) is 0 Å². The first-order valence-electron chi connectivity index (χ1n) is 3.34. The van der Waals surface area contributed by atoms with E-state index in [2.05, 4.69) is 4.74 Å². The van der Waals surface area contributed by atoms with E-state index in [4.69, 9.17) is 27.9 Å². The van der Waals surface area contributed by atoms with Crippen LogP contribution >= 0.6 is 23.2 Å². The highest BCUT2D eigenvalue weighted by atomic mass is 35.5. The van der Waals surface area contributed by atoms with Gasteiger partial charge < -0.3 is 9.47 Å². The maximum atomic E-state index is 10.7. The summed E-state index contributed by atoms with van der Waals surface area (Å²) in [5, 5.41) is 0.736. The molecule has 0 unspecified atom stereocenters. The Morgan fingerprint density at radius 3 is 2.62 bits per heavy atom. The molecule has 0 aliphatic heterocycles. The van der Waals surface area contributed by atoms with E-state index in [1.54, 1.807) is 6.07 Å². The molecule has 1 aromatic rings. The van der Waals surface area contributed by atoms with Crippen molar-refractivity contribution >= 4 is 29.4 Å². The second-order valence-electron chi connectivity index (χ2n) is 2.13. The summed E-state index contributed by atoms with van der Waals surface area (Å²) in [5.41, 5.74) is 0. The predicted octanol–water partition coefficient (Wildman–Crippen LogP) is 3.14. The van der Waals surface area contributed by atoms with Gasteiger partial charge in [-0.3, -0.25) is 0 Å². The van der Waals surface area contributed by atoms with Crippen LogP contribution in [0.4, 0.5) is 4.79 Å². The maximum absolute atomic E-state index is 10.7. The van der Waals surface area contributed by atoms with Crippen LogP contribution in [0, 0.1) is 0 Å². The van der Waals surface area contributed by atoms with Crippen molar-refractivity contribution in [3.05, 3.63) is 28.2 Å². The number of hydrogen-bond acceptors (Lipinski definition) is 3. The lowest BCUT2D eigenvalue weighted by Crippen LogP contribution is -2.07. The minimum absolute atomic E-state index is 0.220. The van der Waals surface area contributed by atoms with Gasteiger partial charge in [0, 0.05) is 5.02 Å².